The summed E-state index contributed by atoms with van der Waals surface area (Å²) in [5, 5.41) is 10.9. The van der Waals surface area contributed by atoms with Gasteiger partial charge in [0, 0.05) is 24.3 Å². The molecular formula is C32H30N2O6. The highest BCUT2D eigenvalue weighted by Gasteiger charge is 2.74. The molecule has 3 fully saturated rings. The van der Waals surface area contributed by atoms with Crippen molar-refractivity contribution in [2.45, 2.75) is 49.9 Å². The van der Waals surface area contributed by atoms with Gasteiger partial charge in [0.25, 0.3) is 0 Å². The van der Waals surface area contributed by atoms with Gasteiger partial charge in [-0.3, -0.25) is 9.59 Å². The molecule has 8 nitrogen and oxygen atoms in total. The third-order valence-electron chi connectivity index (χ3n) is 9.16. The average Bonchev–Trinajstić information content (AvgIpc) is 3.56. The van der Waals surface area contributed by atoms with E-state index >= 15 is 0 Å². The number of ether oxygens (including phenoxy) is 3. The number of imide groups is 1. The highest BCUT2D eigenvalue weighted by atomic mass is 16.6. The summed E-state index contributed by atoms with van der Waals surface area (Å²) < 4.78 is 17.8. The van der Waals surface area contributed by atoms with Crippen LogP contribution < -0.4 is 4.90 Å². The normalized spacial score (nSPS) is 28.4. The van der Waals surface area contributed by atoms with E-state index < -0.39 is 34.6 Å². The summed E-state index contributed by atoms with van der Waals surface area (Å²) in [5.41, 5.74) is -1.36. The second kappa shape index (κ2) is 9.26. The number of nitriles is 1. The van der Waals surface area contributed by atoms with Crippen LogP contribution in [0.3, 0.4) is 0 Å². The van der Waals surface area contributed by atoms with Crippen molar-refractivity contribution in [3.63, 3.8) is 0 Å². The SMILES string of the molecule is COC(C)(C(=O)OCCC12CCC(C)(O1)[C@H]1C(=O)N(c3ccc(C#N)c4ccccc34)C(=O)[C@H]12)c1ccccc1. The van der Waals surface area contributed by atoms with Crippen LogP contribution in [0.15, 0.2) is 66.7 Å². The van der Waals surface area contributed by atoms with Crippen LogP contribution in [0, 0.1) is 23.2 Å². The molecule has 3 aliphatic rings. The maximum absolute atomic E-state index is 14.1. The predicted octanol–water partition coefficient (Wildman–Crippen LogP) is 4.63. The number of anilines is 1. The molecule has 0 N–H and O–H groups in total. The Bertz CT molecular complexity index is 1580. The number of hydrogen-bond donors (Lipinski definition) is 0. The Morgan fingerprint density at radius 1 is 1.02 bits per heavy atom. The van der Waals surface area contributed by atoms with Gasteiger partial charge in [-0.05, 0) is 44.4 Å². The van der Waals surface area contributed by atoms with Gasteiger partial charge in [-0.15, -0.1) is 0 Å². The minimum Gasteiger partial charge on any atom is -0.463 e. The van der Waals surface area contributed by atoms with Gasteiger partial charge in [0.15, 0.2) is 5.60 Å². The molecule has 0 spiro atoms. The molecule has 3 saturated heterocycles. The number of esters is 1. The Labute approximate surface area is 232 Å². The number of hydrogen-bond acceptors (Lipinski definition) is 7. The number of carbonyl (C=O) groups is 3. The molecule has 0 saturated carbocycles. The van der Waals surface area contributed by atoms with Gasteiger partial charge in [0.2, 0.25) is 11.8 Å². The molecular weight excluding hydrogens is 508 g/mol. The summed E-state index contributed by atoms with van der Waals surface area (Å²) in [7, 11) is 1.46. The van der Waals surface area contributed by atoms with Crippen LogP contribution >= 0.6 is 0 Å². The first kappa shape index (κ1) is 26.2. The fourth-order valence-electron chi connectivity index (χ4n) is 6.95. The molecule has 2 amide bonds. The second-order valence-electron chi connectivity index (χ2n) is 11.2. The van der Waals surface area contributed by atoms with E-state index in [1.807, 2.05) is 49.4 Å². The van der Waals surface area contributed by atoms with Crippen LogP contribution in [-0.2, 0) is 34.2 Å². The van der Waals surface area contributed by atoms with Gasteiger partial charge < -0.3 is 14.2 Å². The molecule has 8 heteroatoms. The molecule has 0 aliphatic carbocycles. The van der Waals surface area contributed by atoms with Crippen molar-refractivity contribution in [1.29, 1.82) is 5.26 Å². The Hall–Kier alpha value is -4.06. The Balaban J connectivity index is 1.27. The van der Waals surface area contributed by atoms with Gasteiger partial charge in [-0.1, -0.05) is 54.6 Å². The van der Waals surface area contributed by atoms with E-state index in [1.165, 1.54) is 12.0 Å². The molecule has 3 aromatic rings. The Morgan fingerprint density at radius 2 is 1.70 bits per heavy atom. The average molecular weight is 539 g/mol. The topological polar surface area (TPSA) is 106 Å². The van der Waals surface area contributed by atoms with Gasteiger partial charge in [0.1, 0.15) is 0 Å². The molecule has 6 rings (SSSR count). The van der Waals surface area contributed by atoms with E-state index in [9.17, 15) is 19.6 Å². The number of nitrogens with zero attached hydrogens (tertiary/aromatic N) is 2. The van der Waals surface area contributed by atoms with Crippen molar-refractivity contribution in [2.24, 2.45) is 11.8 Å². The summed E-state index contributed by atoms with van der Waals surface area (Å²) in [5.74, 6) is -2.46. The van der Waals surface area contributed by atoms with Gasteiger partial charge in [-0.2, -0.15) is 5.26 Å². The number of fused-ring (bicyclic) bond motifs is 6. The fourth-order valence-corrected chi connectivity index (χ4v) is 6.95. The summed E-state index contributed by atoms with van der Waals surface area (Å²) in [6, 6.07) is 21.9. The van der Waals surface area contributed by atoms with Crippen LogP contribution in [0.1, 0.15) is 44.2 Å². The zero-order chi connectivity index (χ0) is 28.3. The third-order valence-corrected chi connectivity index (χ3v) is 9.16. The van der Waals surface area contributed by atoms with Crippen molar-refractivity contribution in [1.82, 2.24) is 0 Å². The molecule has 40 heavy (non-hydrogen) atoms. The van der Waals surface area contributed by atoms with E-state index in [2.05, 4.69) is 6.07 Å². The van der Waals surface area contributed by atoms with E-state index in [0.29, 0.717) is 40.4 Å². The number of rotatable bonds is 7. The van der Waals surface area contributed by atoms with Crippen molar-refractivity contribution in [2.75, 3.05) is 18.6 Å². The smallest absolute Gasteiger partial charge is 0.342 e. The standard InChI is InChI=1S/C32H30N2O6/c1-30-15-16-32(40-30,17-18-39-29(37)31(2,38-3)21-9-5-4-6-10-21)26-25(30)27(35)34(28(26)36)24-14-13-20(19-33)22-11-7-8-12-23(22)24/h4-14,25-26H,15-18H2,1-3H3/t25-,26+,30?,31?,32?/m1/s1. The lowest BCUT2D eigenvalue weighted by molar-refractivity contribution is -0.170. The van der Waals surface area contributed by atoms with Crippen molar-refractivity contribution in [3.8, 4) is 6.07 Å². The second-order valence-corrected chi connectivity index (χ2v) is 11.2. The van der Waals surface area contributed by atoms with Crippen LogP contribution in [0.5, 0.6) is 0 Å². The first-order valence-corrected chi connectivity index (χ1v) is 13.5. The van der Waals surface area contributed by atoms with Crippen molar-refractivity contribution < 1.29 is 28.6 Å². The molecule has 0 radical (unpaired) electrons. The van der Waals surface area contributed by atoms with E-state index in [1.54, 1.807) is 31.2 Å². The first-order chi connectivity index (χ1) is 19.2. The molecule has 3 aromatic carbocycles. The van der Waals surface area contributed by atoms with Crippen molar-refractivity contribution in [3.05, 3.63) is 77.9 Å². The molecule has 204 valence electrons. The van der Waals surface area contributed by atoms with Crippen LogP contribution in [-0.4, -0.2) is 42.7 Å². The lowest BCUT2D eigenvalue weighted by Crippen LogP contribution is -2.43. The highest BCUT2D eigenvalue weighted by Crippen LogP contribution is 2.62. The minimum absolute atomic E-state index is 0.0190. The molecule has 3 unspecified atom stereocenters. The van der Waals surface area contributed by atoms with E-state index in [-0.39, 0.29) is 24.8 Å². The van der Waals surface area contributed by atoms with Gasteiger partial charge >= 0.3 is 5.97 Å². The van der Waals surface area contributed by atoms with E-state index in [0.717, 1.165) is 0 Å². The number of carbonyl (C=O) groups excluding carboxylic acids is 3. The molecule has 3 aliphatic heterocycles. The first-order valence-electron chi connectivity index (χ1n) is 13.5. The lowest BCUT2D eigenvalue weighted by Gasteiger charge is -2.32. The fraction of sp³-hybridized carbons (Fsp3) is 0.375. The molecule has 2 bridgehead atoms. The maximum Gasteiger partial charge on any atom is 0.342 e. The zero-order valence-corrected chi connectivity index (χ0v) is 22.7. The largest absolute Gasteiger partial charge is 0.463 e. The van der Waals surface area contributed by atoms with Crippen LogP contribution in [0.25, 0.3) is 10.8 Å². The summed E-state index contributed by atoms with van der Waals surface area (Å²) in [6.07, 6.45) is 1.50. The highest BCUT2D eigenvalue weighted by molar-refractivity contribution is 6.26. The van der Waals surface area contributed by atoms with E-state index in [4.69, 9.17) is 14.2 Å². The van der Waals surface area contributed by atoms with Crippen LogP contribution in [0.2, 0.25) is 0 Å². The quantitative estimate of drug-likeness (QED) is 0.319. The number of amides is 2. The molecule has 5 atom stereocenters. The monoisotopic (exact) mass is 538 g/mol. The van der Waals surface area contributed by atoms with Gasteiger partial charge in [-0.25, -0.2) is 9.69 Å². The number of benzene rings is 3. The Morgan fingerprint density at radius 3 is 2.40 bits per heavy atom. The summed E-state index contributed by atoms with van der Waals surface area (Å²) in [4.78, 5) is 42.4. The van der Waals surface area contributed by atoms with Crippen molar-refractivity contribution >= 4 is 34.2 Å². The predicted molar refractivity (Wildman–Crippen MR) is 146 cm³/mol. The maximum atomic E-state index is 14.1. The summed E-state index contributed by atoms with van der Waals surface area (Å²) in [6.45, 7) is 3.58. The van der Waals surface area contributed by atoms with Crippen LogP contribution in [0.4, 0.5) is 5.69 Å². The molecule has 0 aromatic heterocycles. The minimum atomic E-state index is -1.28. The zero-order valence-electron chi connectivity index (χ0n) is 22.7. The molecule has 3 heterocycles. The Kier molecular flexibility index (Phi) is 6.06. The summed E-state index contributed by atoms with van der Waals surface area (Å²) >= 11 is 0. The van der Waals surface area contributed by atoms with Gasteiger partial charge in [0.05, 0.1) is 47.0 Å². The third kappa shape index (κ3) is 3.61. The lowest BCUT2D eigenvalue weighted by atomic mass is 9.67. The number of methoxy groups -OCH3 is 1.